The zero-order valence-corrected chi connectivity index (χ0v) is 11.8. The van der Waals surface area contributed by atoms with E-state index in [1.54, 1.807) is 13.2 Å². The maximum Gasteiger partial charge on any atom is 0.330 e. The molecule has 0 amide bonds. The van der Waals surface area contributed by atoms with Gasteiger partial charge in [-0.05, 0) is 24.9 Å². The van der Waals surface area contributed by atoms with E-state index in [1.165, 1.54) is 11.6 Å². The van der Waals surface area contributed by atoms with Crippen molar-refractivity contribution in [2.24, 2.45) is 25.2 Å². The summed E-state index contributed by atoms with van der Waals surface area (Å²) in [5.74, 6) is 0. The van der Waals surface area contributed by atoms with E-state index in [0.29, 0.717) is 18.7 Å². The monoisotopic (exact) mass is 266 g/mol. The van der Waals surface area contributed by atoms with Crippen LogP contribution in [0.2, 0.25) is 0 Å². The second kappa shape index (κ2) is 4.94. The molecule has 2 rings (SSSR count). The van der Waals surface area contributed by atoms with Gasteiger partial charge in [-0.1, -0.05) is 6.92 Å². The van der Waals surface area contributed by atoms with Crippen molar-refractivity contribution in [1.29, 1.82) is 0 Å². The first-order valence-corrected chi connectivity index (χ1v) is 6.54. The van der Waals surface area contributed by atoms with Crippen LogP contribution in [0.4, 0.5) is 0 Å². The van der Waals surface area contributed by atoms with Crippen LogP contribution in [0.15, 0.2) is 15.8 Å². The van der Waals surface area contributed by atoms with Crippen molar-refractivity contribution in [3.63, 3.8) is 0 Å². The molecule has 0 aromatic carbocycles. The van der Waals surface area contributed by atoms with Gasteiger partial charge in [-0.25, -0.2) is 4.79 Å². The van der Waals surface area contributed by atoms with Gasteiger partial charge in [0, 0.05) is 38.9 Å². The fraction of sp³-hybridized carbons (Fsp3) is 0.692. The van der Waals surface area contributed by atoms with E-state index in [9.17, 15) is 9.59 Å². The molecule has 1 aliphatic rings. The molecule has 0 saturated carbocycles. The molecule has 1 aromatic rings. The van der Waals surface area contributed by atoms with Gasteiger partial charge in [0.2, 0.25) is 0 Å². The van der Waals surface area contributed by atoms with Crippen molar-refractivity contribution in [3.05, 3.63) is 32.6 Å². The van der Waals surface area contributed by atoms with Crippen LogP contribution >= 0.6 is 0 Å². The lowest BCUT2D eigenvalue weighted by Crippen LogP contribution is -2.40. The van der Waals surface area contributed by atoms with Gasteiger partial charge in [0.05, 0.1) is 0 Å². The van der Waals surface area contributed by atoms with Gasteiger partial charge in [0.25, 0.3) is 5.56 Å². The molecule has 0 aliphatic carbocycles. The topological polar surface area (TPSA) is 73.3 Å². The highest BCUT2D eigenvalue weighted by molar-refractivity contribution is 5.06. The summed E-state index contributed by atoms with van der Waals surface area (Å²) in [6, 6.07) is 0. The van der Waals surface area contributed by atoms with Gasteiger partial charge in [-0.2, -0.15) is 0 Å². The number of hydrogen-bond acceptors (Lipinski definition) is 4. The molecule has 0 radical (unpaired) electrons. The van der Waals surface area contributed by atoms with Gasteiger partial charge >= 0.3 is 5.69 Å². The van der Waals surface area contributed by atoms with Crippen LogP contribution in [-0.2, 0) is 20.6 Å². The highest BCUT2D eigenvalue weighted by Gasteiger charge is 2.32. The summed E-state index contributed by atoms with van der Waals surface area (Å²) in [6.07, 6.45) is 2.69. The van der Waals surface area contributed by atoms with Crippen LogP contribution < -0.4 is 17.0 Å². The first-order chi connectivity index (χ1) is 8.86. The van der Waals surface area contributed by atoms with Crippen LogP contribution in [0, 0.1) is 5.41 Å². The average molecular weight is 266 g/mol. The molecule has 1 unspecified atom stereocenters. The van der Waals surface area contributed by atoms with Crippen molar-refractivity contribution in [3.8, 4) is 0 Å². The van der Waals surface area contributed by atoms with Crippen LogP contribution in [0.25, 0.3) is 0 Å². The molecule has 106 valence electrons. The second-order valence-electron chi connectivity index (χ2n) is 5.89. The predicted octanol–water partition coefficient (Wildman–Crippen LogP) is -0.745. The number of aromatic nitrogens is 2. The molecule has 0 spiro atoms. The Morgan fingerprint density at radius 2 is 2.05 bits per heavy atom. The predicted molar refractivity (Wildman–Crippen MR) is 74.0 cm³/mol. The summed E-state index contributed by atoms with van der Waals surface area (Å²) in [7, 11) is 3.18. The lowest BCUT2D eigenvalue weighted by molar-refractivity contribution is 0.272. The summed E-state index contributed by atoms with van der Waals surface area (Å²) in [5.41, 5.74) is 6.09. The van der Waals surface area contributed by atoms with Crippen LogP contribution in [0.1, 0.15) is 18.9 Å². The number of nitrogens with zero attached hydrogens (tertiary/aromatic N) is 3. The standard InChI is InChI=1S/C13H22N4O2/c1-13(8-14)4-5-17(9-13)7-10-6-15(2)12(19)16(3)11(10)18/h6H,4-5,7-9,14H2,1-3H3. The fourth-order valence-corrected chi connectivity index (χ4v) is 2.66. The smallest absolute Gasteiger partial charge is 0.330 e. The van der Waals surface area contributed by atoms with Gasteiger partial charge in [0.1, 0.15) is 0 Å². The van der Waals surface area contributed by atoms with Crippen molar-refractivity contribution in [2.45, 2.75) is 19.9 Å². The fourth-order valence-electron chi connectivity index (χ4n) is 2.66. The molecule has 2 heterocycles. The molecule has 6 nitrogen and oxygen atoms in total. The summed E-state index contributed by atoms with van der Waals surface area (Å²) in [4.78, 5) is 25.9. The van der Waals surface area contributed by atoms with E-state index >= 15 is 0 Å². The molecule has 1 fully saturated rings. The number of nitrogens with two attached hydrogens (primary N) is 1. The van der Waals surface area contributed by atoms with E-state index in [1.807, 2.05) is 0 Å². The molecule has 6 heteroatoms. The first-order valence-electron chi connectivity index (χ1n) is 6.54. The molecule has 2 N–H and O–H groups in total. The van der Waals surface area contributed by atoms with Crippen LogP contribution in [0.5, 0.6) is 0 Å². The van der Waals surface area contributed by atoms with Gasteiger partial charge in [-0.15, -0.1) is 0 Å². The zero-order valence-electron chi connectivity index (χ0n) is 11.8. The Hall–Kier alpha value is -1.40. The van der Waals surface area contributed by atoms with Gasteiger partial charge < -0.3 is 10.3 Å². The van der Waals surface area contributed by atoms with E-state index in [-0.39, 0.29) is 16.7 Å². The number of rotatable bonds is 3. The largest absolute Gasteiger partial charge is 0.330 e. The van der Waals surface area contributed by atoms with E-state index in [0.717, 1.165) is 24.1 Å². The van der Waals surface area contributed by atoms with Crippen molar-refractivity contribution >= 4 is 0 Å². The minimum Gasteiger partial charge on any atom is -0.330 e. The Kier molecular flexibility index (Phi) is 3.64. The Labute approximate surface area is 112 Å². The molecule has 1 aromatic heterocycles. The third-order valence-electron chi connectivity index (χ3n) is 4.04. The molecular weight excluding hydrogens is 244 g/mol. The lowest BCUT2D eigenvalue weighted by Gasteiger charge is -2.22. The molecule has 1 aliphatic heterocycles. The minimum absolute atomic E-state index is 0.145. The minimum atomic E-state index is -0.290. The summed E-state index contributed by atoms with van der Waals surface area (Å²) in [6.45, 7) is 5.26. The molecule has 1 atom stereocenters. The maximum absolute atomic E-state index is 12.1. The Balaban J connectivity index is 2.22. The highest BCUT2D eigenvalue weighted by atomic mass is 16.2. The van der Waals surface area contributed by atoms with Crippen molar-refractivity contribution in [2.75, 3.05) is 19.6 Å². The van der Waals surface area contributed by atoms with E-state index < -0.39 is 0 Å². The maximum atomic E-state index is 12.1. The number of aryl methyl sites for hydroxylation is 1. The third-order valence-corrected chi connectivity index (χ3v) is 4.04. The third kappa shape index (κ3) is 2.64. The Morgan fingerprint density at radius 1 is 1.37 bits per heavy atom. The summed E-state index contributed by atoms with van der Waals surface area (Å²) in [5, 5.41) is 0. The molecule has 0 bridgehead atoms. The van der Waals surface area contributed by atoms with Crippen LogP contribution in [-0.4, -0.2) is 33.7 Å². The summed E-state index contributed by atoms with van der Waals surface area (Å²) < 4.78 is 2.61. The van der Waals surface area contributed by atoms with E-state index in [2.05, 4.69) is 11.8 Å². The first kappa shape index (κ1) is 14.0. The normalized spacial score (nSPS) is 24.0. The molecule has 19 heavy (non-hydrogen) atoms. The zero-order chi connectivity index (χ0) is 14.2. The molecular formula is C13H22N4O2. The number of likely N-dealkylation sites (tertiary alicyclic amines) is 1. The van der Waals surface area contributed by atoms with E-state index in [4.69, 9.17) is 5.73 Å². The summed E-state index contributed by atoms with van der Waals surface area (Å²) >= 11 is 0. The highest BCUT2D eigenvalue weighted by Crippen LogP contribution is 2.28. The number of hydrogen-bond donors (Lipinski definition) is 1. The molecule has 1 saturated heterocycles. The van der Waals surface area contributed by atoms with Gasteiger partial charge in [-0.3, -0.25) is 14.3 Å². The van der Waals surface area contributed by atoms with Crippen molar-refractivity contribution in [1.82, 2.24) is 14.0 Å². The lowest BCUT2D eigenvalue weighted by atomic mass is 9.90. The SMILES string of the molecule is Cn1cc(CN2CCC(C)(CN)C2)c(=O)n(C)c1=O. The quantitative estimate of drug-likeness (QED) is 0.781. The van der Waals surface area contributed by atoms with Gasteiger partial charge in [0.15, 0.2) is 0 Å². The average Bonchev–Trinajstić information content (AvgIpc) is 2.76. The van der Waals surface area contributed by atoms with Crippen molar-refractivity contribution < 1.29 is 0 Å². The second-order valence-corrected chi connectivity index (χ2v) is 5.89. The Bertz CT molecular complexity index is 589. The Morgan fingerprint density at radius 3 is 2.63 bits per heavy atom. The van der Waals surface area contributed by atoms with Crippen LogP contribution in [0.3, 0.4) is 0 Å².